The Bertz CT molecular complexity index is 606. The summed E-state index contributed by atoms with van der Waals surface area (Å²) in [5.41, 5.74) is 10.1. The summed E-state index contributed by atoms with van der Waals surface area (Å²) >= 11 is 0. The molecule has 0 saturated carbocycles. The zero-order chi connectivity index (χ0) is 14.5. The largest absolute Gasteiger partial charge is 0.465 e. The van der Waals surface area contributed by atoms with E-state index in [2.05, 4.69) is 41.2 Å². The van der Waals surface area contributed by atoms with Gasteiger partial charge in [-0.05, 0) is 30.7 Å². The van der Waals surface area contributed by atoms with E-state index >= 15 is 0 Å². The van der Waals surface area contributed by atoms with Gasteiger partial charge in [-0.25, -0.2) is 4.79 Å². The van der Waals surface area contributed by atoms with Crippen LogP contribution >= 0.6 is 0 Å². The third-order valence-corrected chi connectivity index (χ3v) is 3.08. The van der Waals surface area contributed by atoms with Crippen LogP contribution in [0.4, 0.5) is 11.4 Å². The van der Waals surface area contributed by atoms with Crippen LogP contribution in [0, 0.1) is 6.92 Å². The lowest BCUT2D eigenvalue weighted by Gasteiger charge is -2.10. The Morgan fingerprint density at radius 1 is 1.20 bits per heavy atom. The van der Waals surface area contributed by atoms with Gasteiger partial charge in [0.2, 0.25) is 0 Å². The maximum absolute atomic E-state index is 11.4. The van der Waals surface area contributed by atoms with E-state index in [1.165, 1.54) is 18.2 Å². The normalized spacial score (nSPS) is 10.1. The van der Waals surface area contributed by atoms with E-state index in [0.717, 1.165) is 5.69 Å². The number of carbonyl (C=O) groups excluding carboxylic acids is 1. The minimum atomic E-state index is -0.387. The van der Waals surface area contributed by atoms with Crippen LogP contribution in [0.3, 0.4) is 0 Å². The zero-order valence-corrected chi connectivity index (χ0v) is 11.6. The number of aryl methyl sites for hydroxylation is 1. The number of rotatable bonds is 4. The van der Waals surface area contributed by atoms with Crippen molar-refractivity contribution in [3.05, 3.63) is 59.2 Å². The third-order valence-electron chi connectivity index (χ3n) is 3.08. The Hall–Kier alpha value is -2.49. The minimum absolute atomic E-state index is 0.387. The Morgan fingerprint density at radius 3 is 2.50 bits per heavy atom. The van der Waals surface area contributed by atoms with Gasteiger partial charge in [0.05, 0.1) is 24.0 Å². The van der Waals surface area contributed by atoms with Gasteiger partial charge in [-0.15, -0.1) is 0 Å². The fourth-order valence-corrected chi connectivity index (χ4v) is 1.87. The summed E-state index contributed by atoms with van der Waals surface area (Å²) in [6.07, 6.45) is 0. The topological polar surface area (TPSA) is 64.3 Å². The molecule has 0 aliphatic carbocycles. The first-order chi connectivity index (χ1) is 9.60. The summed E-state index contributed by atoms with van der Waals surface area (Å²) in [4.78, 5) is 11.4. The van der Waals surface area contributed by atoms with E-state index in [4.69, 9.17) is 5.73 Å². The molecule has 2 aromatic carbocycles. The third kappa shape index (κ3) is 3.29. The van der Waals surface area contributed by atoms with Crippen LogP contribution in [0.5, 0.6) is 0 Å². The van der Waals surface area contributed by atoms with Crippen LogP contribution in [0.2, 0.25) is 0 Å². The number of nitrogens with one attached hydrogen (secondary N) is 1. The summed E-state index contributed by atoms with van der Waals surface area (Å²) in [7, 11) is 1.35. The first kappa shape index (κ1) is 13.9. The SMILES string of the molecule is COC(=O)c1ccc(NCc2ccc(C)cc2)c(N)c1. The van der Waals surface area contributed by atoms with E-state index in [9.17, 15) is 4.79 Å². The number of ether oxygens (including phenoxy) is 1. The minimum Gasteiger partial charge on any atom is -0.465 e. The van der Waals surface area contributed by atoms with Crippen LogP contribution in [0.1, 0.15) is 21.5 Å². The lowest BCUT2D eigenvalue weighted by atomic mass is 10.1. The van der Waals surface area contributed by atoms with Gasteiger partial charge in [-0.1, -0.05) is 29.8 Å². The number of esters is 1. The van der Waals surface area contributed by atoms with Crippen molar-refractivity contribution < 1.29 is 9.53 Å². The Labute approximate surface area is 118 Å². The molecule has 3 N–H and O–H groups in total. The number of hydrogen-bond acceptors (Lipinski definition) is 4. The van der Waals surface area contributed by atoms with Crippen molar-refractivity contribution in [1.82, 2.24) is 0 Å². The van der Waals surface area contributed by atoms with Gasteiger partial charge in [0.1, 0.15) is 0 Å². The number of hydrogen-bond donors (Lipinski definition) is 2. The average Bonchev–Trinajstić information content (AvgIpc) is 2.46. The summed E-state index contributed by atoms with van der Waals surface area (Å²) in [5.74, 6) is -0.387. The van der Waals surface area contributed by atoms with Crippen molar-refractivity contribution in [2.45, 2.75) is 13.5 Å². The first-order valence-electron chi connectivity index (χ1n) is 6.37. The second-order valence-electron chi connectivity index (χ2n) is 4.63. The highest BCUT2D eigenvalue weighted by Crippen LogP contribution is 2.21. The van der Waals surface area contributed by atoms with E-state index in [1.54, 1.807) is 18.2 Å². The van der Waals surface area contributed by atoms with Crippen molar-refractivity contribution in [3.8, 4) is 0 Å². The van der Waals surface area contributed by atoms with Crippen LogP contribution in [0.15, 0.2) is 42.5 Å². The number of nitrogen functional groups attached to an aromatic ring is 1. The van der Waals surface area contributed by atoms with Gasteiger partial charge in [0, 0.05) is 6.54 Å². The summed E-state index contributed by atoms with van der Waals surface area (Å²) in [6, 6.07) is 13.4. The standard InChI is InChI=1S/C16H18N2O2/c1-11-3-5-12(6-4-11)10-18-15-8-7-13(9-14(15)17)16(19)20-2/h3-9,18H,10,17H2,1-2H3. The zero-order valence-electron chi connectivity index (χ0n) is 11.6. The van der Waals surface area contributed by atoms with Gasteiger partial charge in [0.15, 0.2) is 0 Å². The molecule has 0 radical (unpaired) electrons. The molecular formula is C16H18N2O2. The van der Waals surface area contributed by atoms with Gasteiger partial charge < -0.3 is 15.8 Å². The molecule has 0 amide bonds. The number of nitrogens with two attached hydrogens (primary N) is 1. The Morgan fingerprint density at radius 2 is 1.90 bits per heavy atom. The number of anilines is 2. The van der Waals surface area contributed by atoms with Gasteiger partial charge in [-0.3, -0.25) is 0 Å². The summed E-state index contributed by atoms with van der Waals surface area (Å²) in [6.45, 7) is 2.74. The summed E-state index contributed by atoms with van der Waals surface area (Å²) in [5, 5.41) is 3.26. The smallest absolute Gasteiger partial charge is 0.337 e. The molecule has 4 heteroatoms. The van der Waals surface area contributed by atoms with Crippen molar-refractivity contribution >= 4 is 17.3 Å². The number of methoxy groups -OCH3 is 1. The van der Waals surface area contributed by atoms with E-state index in [1.807, 2.05) is 0 Å². The highest BCUT2D eigenvalue weighted by atomic mass is 16.5. The van der Waals surface area contributed by atoms with Crippen molar-refractivity contribution in [3.63, 3.8) is 0 Å². The van der Waals surface area contributed by atoms with Crippen LogP contribution in [-0.2, 0) is 11.3 Å². The highest BCUT2D eigenvalue weighted by molar-refractivity contribution is 5.91. The van der Waals surface area contributed by atoms with Gasteiger partial charge >= 0.3 is 5.97 Å². The summed E-state index contributed by atoms with van der Waals surface area (Å²) < 4.78 is 4.66. The number of benzene rings is 2. The quantitative estimate of drug-likeness (QED) is 0.662. The molecule has 0 atom stereocenters. The maximum atomic E-state index is 11.4. The molecule has 0 aliphatic rings. The van der Waals surface area contributed by atoms with Crippen molar-refractivity contribution in [2.24, 2.45) is 0 Å². The lowest BCUT2D eigenvalue weighted by molar-refractivity contribution is 0.0601. The second-order valence-corrected chi connectivity index (χ2v) is 4.63. The highest BCUT2D eigenvalue weighted by Gasteiger charge is 2.07. The molecule has 0 aliphatic heterocycles. The molecule has 20 heavy (non-hydrogen) atoms. The van der Waals surface area contributed by atoms with Crippen molar-refractivity contribution in [1.29, 1.82) is 0 Å². The molecule has 0 saturated heterocycles. The molecule has 0 unspecified atom stereocenters. The second kappa shape index (κ2) is 6.10. The van der Waals surface area contributed by atoms with E-state index < -0.39 is 0 Å². The van der Waals surface area contributed by atoms with Crippen LogP contribution in [0.25, 0.3) is 0 Å². The van der Waals surface area contributed by atoms with Crippen molar-refractivity contribution in [2.75, 3.05) is 18.2 Å². The van der Waals surface area contributed by atoms with Crippen LogP contribution < -0.4 is 11.1 Å². The molecule has 4 nitrogen and oxygen atoms in total. The molecule has 0 spiro atoms. The monoisotopic (exact) mass is 270 g/mol. The molecule has 2 aromatic rings. The lowest BCUT2D eigenvalue weighted by Crippen LogP contribution is -2.06. The predicted molar refractivity (Wildman–Crippen MR) is 80.7 cm³/mol. The molecule has 104 valence electrons. The average molecular weight is 270 g/mol. The van der Waals surface area contributed by atoms with E-state index in [0.29, 0.717) is 17.8 Å². The molecule has 0 heterocycles. The fraction of sp³-hybridized carbons (Fsp3) is 0.188. The molecule has 0 fully saturated rings. The maximum Gasteiger partial charge on any atom is 0.337 e. The van der Waals surface area contributed by atoms with E-state index in [-0.39, 0.29) is 5.97 Å². The van der Waals surface area contributed by atoms with Gasteiger partial charge in [0.25, 0.3) is 0 Å². The first-order valence-corrected chi connectivity index (χ1v) is 6.37. The van der Waals surface area contributed by atoms with Gasteiger partial charge in [-0.2, -0.15) is 0 Å². The fourth-order valence-electron chi connectivity index (χ4n) is 1.87. The number of carbonyl (C=O) groups is 1. The molecular weight excluding hydrogens is 252 g/mol. The molecule has 0 aromatic heterocycles. The Kier molecular flexibility index (Phi) is 4.25. The predicted octanol–water partition coefficient (Wildman–Crippen LogP) is 2.98. The Balaban J connectivity index is 2.06. The molecule has 0 bridgehead atoms. The molecule has 2 rings (SSSR count). The van der Waals surface area contributed by atoms with Crippen LogP contribution in [-0.4, -0.2) is 13.1 Å².